The number of imide groups is 1. The lowest BCUT2D eigenvalue weighted by molar-refractivity contribution is -0.134. The zero-order valence-corrected chi connectivity index (χ0v) is 36.2. The van der Waals surface area contributed by atoms with Gasteiger partial charge < -0.3 is 24.7 Å². The van der Waals surface area contributed by atoms with Gasteiger partial charge in [-0.1, -0.05) is 37.5 Å². The van der Waals surface area contributed by atoms with Gasteiger partial charge in [-0.25, -0.2) is 9.97 Å². The van der Waals surface area contributed by atoms with Crippen molar-refractivity contribution < 1.29 is 19.5 Å². The number of nitrogens with zero attached hydrogens (tertiary/aromatic N) is 9. The summed E-state index contributed by atoms with van der Waals surface area (Å²) in [6.45, 7) is 7.11. The number of rotatable bonds is 9. The molecule has 5 heterocycles. The summed E-state index contributed by atoms with van der Waals surface area (Å²) in [7, 11) is 3.47. The number of aromatic nitrogens is 4. The summed E-state index contributed by atoms with van der Waals surface area (Å²) in [5, 5.41) is 29.1. The third-order valence-corrected chi connectivity index (χ3v) is 13.9. The molecule has 0 radical (unpaired) electrons. The summed E-state index contributed by atoms with van der Waals surface area (Å²) in [4.78, 5) is 54.6. The summed E-state index contributed by atoms with van der Waals surface area (Å²) in [6.07, 6.45) is 15.4. The highest BCUT2D eigenvalue weighted by Crippen LogP contribution is 2.70. The quantitative estimate of drug-likeness (QED) is 0.142. The molecule has 4 aromatic rings. The first-order valence-corrected chi connectivity index (χ1v) is 22.6. The Hall–Kier alpha value is -5.59. The standard InChI is InChI=1S/C22H28N6.C19H26N4O4.C6H7N/c1-2-6-17(7-3-1)15-27-10-12-28(13-11-27)21-14-20(23-16-24-21)22-18-8-4-5-9-19(18)25-26-22;1-21(12-24)17-11-13(23-9-7-14(25)8-10-23)3-4-15(17)22(2)16-5-6-18(26)20-19(16)27;7-4-5-3-6(5)1-2-6/h4-5,8-9,14,16-17H,1-3,6-7,10-13,15H2,(H,25,26);3-4,11-12,14,16,25H,5-10H2,1-2H3,(H,20,26,27);5H,1-3H2. The van der Waals surface area contributed by atoms with Crippen molar-refractivity contribution in [1.82, 2.24) is 30.4 Å². The van der Waals surface area contributed by atoms with E-state index in [9.17, 15) is 19.5 Å². The Morgan fingerprint density at radius 2 is 1.66 bits per heavy atom. The number of nitriles is 1. The topological polar surface area (TPSA) is 178 Å². The van der Waals surface area contributed by atoms with E-state index in [0.717, 1.165) is 104 Å². The number of aliphatic hydroxyl groups excluding tert-OH is 1. The second kappa shape index (κ2) is 19.2. The normalized spacial score (nSPS) is 22.4. The monoisotopic (exact) mass is 843 g/mol. The van der Waals surface area contributed by atoms with Gasteiger partial charge in [0.05, 0.1) is 40.7 Å². The maximum absolute atomic E-state index is 12.2. The first kappa shape index (κ1) is 43.1. The van der Waals surface area contributed by atoms with Crippen LogP contribution in [0, 0.1) is 28.6 Å². The van der Waals surface area contributed by atoms with Gasteiger partial charge in [-0.15, -0.1) is 0 Å². The van der Waals surface area contributed by atoms with Gasteiger partial charge in [0.2, 0.25) is 18.2 Å². The highest BCUT2D eigenvalue weighted by molar-refractivity contribution is 6.02. The number of benzene rings is 2. The Labute approximate surface area is 364 Å². The van der Waals surface area contributed by atoms with Crippen LogP contribution in [0.4, 0.5) is 22.9 Å². The van der Waals surface area contributed by atoms with Crippen LogP contribution in [0.15, 0.2) is 54.9 Å². The van der Waals surface area contributed by atoms with Gasteiger partial charge in [0, 0.05) is 83.5 Å². The lowest BCUT2D eigenvalue weighted by atomic mass is 9.89. The number of piperazine rings is 1. The number of H-pyrrole nitrogens is 1. The van der Waals surface area contributed by atoms with E-state index >= 15 is 0 Å². The van der Waals surface area contributed by atoms with Gasteiger partial charge in [-0.05, 0) is 87.0 Å². The number of piperidine rings is 2. The highest BCUT2D eigenvalue weighted by atomic mass is 16.3. The minimum Gasteiger partial charge on any atom is -0.393 e. The van der Waals surface area contributed by atoms with Crippen LogP contribution in [0.2, 0.25) is 0 Å². The number of hydrogen-bond donors (Lipinski definition) is 3. The second-order valence-corrected chi connectivity index (χ2v) is 18.1. The van der Waals surface area contributed by atoms with Crippen molar-refractivity contribution in [2.45, 2.75) is 89.2 Å². The van der Waals surface area contributed by atoms with E-state index in [-0.39, 0.29) is 17.9 Å². The molecule has 3 amide bonds. The summed E-state index contributed by atoms with van der Waals surface area (Å²) < 4.78 is 0. The van der Waals surface area contributed by atoms with Crippen molar-refractivity contribution in [3.8, 4) is 17.5 Å². The lowest BCUT2D eigenvalue weighted by Gasteiger charge is -2.37. The van der Waals surface area contributed by atoms with E-state index in [4.69, 9.17) is 5.26 Å². The first-order chi connectivity index (χ1) is 30.1. The average molecular weight is 844 g/mol. The molecule has 3 saturated carbocycles. The molecule has 15 nitrogen and oxygen atoms in total. The lowest BCUT2D eigenvalue weighted by Crippen LogP contribution is -2.51. The molecule has 1 spiro atoms. The number of carbonyl (C=O) groups excluding carboxylic acids is 3. The fourth-order valence-electron chi connectivity index (χ4n) is 9.64. The third kappa shape index (κ3) is 10.0. The zero-order valence-electron chi connectivity index (χ0n) is 36.2. The van der Waals surface area contributed by atoms with Crippen LogP contribution in [0.25, 0.3) is 22.3 Å². The number of fused-ring (bicyclic) bond motifs is 1. The number of nitrogens with one attached hydrogen (secondary N) is 2. The SMILES string of the molecule is CN(C=O)c1cc(N2CCC(O)CC2)ccc1N(C)C1CCC(=O)NC1=O.N#CC1CC12CC2.c1ccc2c(-c3cc(N4CCN(CC5CCCCC5)CC4)ncn3)n[nH]c2c1. The fourth-order valence-corrected chi connectivity index (χ4v) is 9.64. The van der Waals surface area contributed by atoms with E-state index in [1.54, 1.807) is 20.4 Å². The molecule has 2 aromatic carbocycles. The minimum atomic E-state index is -0.461. The Kier molecular flexibility index (Phi) is 13.3. The van der Waals surface area contributed by atoms with E-state index in [1.165, 1.54) is 62.8 Å². The molecule has 0 bridgehead atoms. The molecule has 10 rings (SSSR count). The largest absolute Gasteiger partial charge is 0.393 e. The molecule has 3 N–H and O–H groups in total. The molecule has 2 aromatic heterocycles. The van der Waals surface area contributed by atoms with Gasteiger partial charge in [0.25, 0.3) is 0 Å². The predicted molar refractivity (Wildman–Crippen MR) is 241 cm³/mol. The Bertz CT molecular complexity index is 2230. The number of carbonyl (C=O) groups is 3. The van der Waals surface area contributed by atoms with Crippen LogP contribution in [0.5, 0.6) is 0 Å². The van der Waals surface area contributed by atoms with Gasteiger partial charge in [-0.3, -0.25) is 29.7 Å². The minimum absolute atomic E-state index is 0.252. The molecular formula is C47H61N11O4. The number of hydrogen-bond acceptors (Lipinski definition) is 12. The Balaban J connectivity index is 0.000000147. The van der Waals surface area contributed by atoms with Crippen molar-refractivity contribution in [2.75, 3.05) is 79.5 Å². The molecular weight excluding hydrogens is 783 g/mol. The number of aromatic amines is 1. The zero-order chi connectivity index (χ0) is 43.2. The smallest absolute Gasteiger partial charge is 0.249 e. The molecule has 6 aliphatic rings. The van der Waals surface area contributed by atoms with Gasteiger partial charge in [-0.2, -0.15) is 10.4 Å². The van der Waals surface area contributed by atoms with E-state index in [1.807, 2.05) is 41.3 Å². The molecule has 3 aliphatic heterocycles. The molecule has 2 atom stereocenters. The van der Waals surface area contributed by atoms with E-state index < -0.39 is 6.04 Å². The fraction of sp³-hybridized carbons (Fsp3) is 0.553. The predicted octanol–water partition coefficient (Wildman–Crippen LogP) is 5.51. The van der Waals surface area contributed by atoms with Crippen molar-refractivity contribution in [3.05, 3.63) is 54.9 Å². The van der Waals surface area contributed by atoms with Crippen molar-refractivity contribution >= 4 is 52.0 Å². The summed E-state index contributed by atoms with van der Waals surface area (Å²) in [5.41, 5.74) is 5.84. The summed E-state index contributed by atoms with van der Waals surface area (Å²) in [6, 6.07) is 17.9. The summed E-state index contributed by atoms with van der Waals surface area (Å²) >= 11 is 0. The first-order valence-electron chi connectivity index (χ1n) is 22.6. The molecule has 62 heavy (non-hydrogen) atoms. The second-order valence-electron chi connectivity index (χ2n) is 18.1. The van der Waals surface area contributed by atoms with Crippen LogP contribution >= 0.6 is 0 Å². The highest BCUT2D eigenvalue weighted by Gasteiger charge is 2.63. The number of aliphatic hydroxyl groups is 1. The van der Waals surface area contributed by atoms with Gasteiger partial charge >= 0.3 is 0 Å². The van der Waals surface area contributed by atoms with Gasteiger partial charge in [0.15, 0.2) is 0 Å². The van der Waals surface area contributed by atoms with E-state index in [2.05, 4.69) is 58.4 Å². The van der Waals surface area contributed by atoms with Crippen LogP contribution in [0.1, 0.15) is 77.0 Å². The Morgan fingerprint density at radius 3 is 2.34 bits per heavy atom. The molecule has 3 saturated heterocycles. The van der Waals surface area contributed by atoms with Crippen molar-refractivity contribution in [3.63, 3.8) is 0 Å². The molecule has 3 aliphatic carbocycles. The van der Waals surface area contributed by atoms with E-state index in [0.29, 0.717) is 29.9 Å². The van der Waals surface area contributed by atoms with Crippen LogP contribution in [-0.4, -0.2) is 120 Å². The number of para-hydroxylation sites is 1. The molecule has 15 heteroatoms. The molecule has 2 unspecified atom stereocenters. The van der Waals surface area contributed by atoms with Crippen molar-refractivity contribution in [2.24, 2.45) is 17.3 Å². The van der Waals surface area contributed by atoms with Crippen LogP contribution in [0.3, 0.4) is 0 Å². The number of likely N-dealkylation sites (N-methyl/N-ethyl adjacent to an activating group) is 1. The summed E-state index contributed by atoms with van der Waals surface area (Å²) in [5.74, 6) is 1.82. The number of anilines is 4. The van der Waals surface area contributed by atoms with Crippen molar-refractivity contribution in [1.29, 1.82) is 5.26 Å². The maximum Gasteiger partial charge on any atom is 0.249 e. The molecule has 328 valence electrons. The molecule has 6 fully saturated rings. The Morgan fingerprint density at radius 1 is 0.903 bits per heavy atom. The third-order valence-electron chi connectivity index (χ3n) is 13.9. The number of amides is 3. The van der Waals surface area contributed by atoms with Gasteiger partial charge in [0.1, 0.15) is 23.9 Å². The van der Waals surface area contributed by atoms with Crippen LogP contribution in [-0.2, 0) is 14.4 Å². The average Bonchev–Trinajstić information content (AvgIpc) is 4.20. The van der Waals surface area contributed by atoms with Crippen LogP contribution < -0.4 is 24.9 Å². The maximum atomic E-state index is 12.2.